The van der Waals surface area contributed by atoms with Gasteiger partial charge in [-0.15, -0.1) is 0 Å². The van der Waals surface area contributed by atoms with Gasteiger partial charge >= 0.3 is 0 Å². The molecule has 21 heavy (non-hydrogen) atoms. The third kappa shape index (κ3) is 3.03. The molecule has 0 saturated heterocycles. The predicted octanol–water partition coefficient (Wildman–Crippen LogP) is 6.06. The lowest BCUT2D eigenvalue weighted by Gasteiger charge is -2.20. The molecule has 0 aromatic heterocycles. The van der Waals surface area contributed by atoms with Gasteiger partial charge in [0.25, 0.3) is 0 Å². The van der Waals surface area contributed by atoms with Gasteiger partial charge in [0.1, 0.15) is 0 Å². The molecule has 106 valence electrons. The van der Waals surface area contributed by atoms with Crippen molar-refractivity contribution in [1.29, 1.82) is 0 Å². The van der Waals surface area contributed by atoms with Gasteiger partial charge in [-0.05, 0) is 35.6 Å². The molecule has 2 heteroatoms. The van der Waals surface area contributed by atoms with Crippen LogP contribution in [0.2, 0.25) is 5.02 Å². The van der Waals surface area contributed by atoms with Crippen molar-refractivity contribution < 1.29 is 0 Å². The average Bonchev–Trinajstić information content (AvgIpc) is 2.54. The Morgan fingerprint density at radius 3 is 2.38 bits per heavy atom. The zero-order chi connectivity index (χ0) is 14.7. The van der Waals surface area contributed by atoms with Crippen LogP contribution in [0.5, 0.6) is 0 Å². The molecule has 0 spiro atoms. The maximum atomic E-state index is 5.98. The van der Waals surface area contributed by atoms with Crippen LogP contribution >= 0.6 is 11.6 Å². The van der Waals surface area contributed by atoms with E-state index in [4.69, 9.17) is 11.6 Å². The van der Waals surface area contributed by atoms with Gasteiger partial charge in [0.15, 0.2) is 0 Å². The lowest BCUT2D eigenvalue weighted by molar-refractivity contribution is 0.750. The van der Waals surface area contributed by atoms with Crippen LogP contribution in [-0.2, 0) is 0 Å². The SMILES string of the molecule is CCC(Nc1cccc2ccccc12)c1ccc(Cl)cc1. The lowest BCUT2D eigenvalue weighted by atomic mass is 10.0. The molecule has 0 aliphatic rings. The summed E-state index contributed by atoms with van der Waals surface area (Å²) in [6.07, 6.45) is 1.02. The Hall–Kier alpha value is -1.99. The zero-order valence-electron chi connectivity index (χ0n) is 12.0. The summed E-state index contributed by atoms with van der Waals surface area (Å²) in [5, 5.41) is 6.96. The zero-order valence-corrected chi connectivity index (χ0v) is 12.8. The van der Waals surface area contributed by atoms with E-state index in [1.54, 1.807) is 0 Å². The van der Waals surface area contributed by atoms with E-state index in [9.17, 15) is 0 Å². The highest BCUT2D eigenvalue weighted by Gasteiger charge is 2.10. The number of anilines is 1. The lowest BCUT2D eigenvalue weighted by Crippen LogP contribution is -2.09. The molecule has 3 rings (SSSR count). The second kappa shape index (κ2) is 6.19. The van der Waals surface area contributed by atoms with E-state index >= 15 is 0 Å². The number of benzene rings is 3. The van der Waals surface area contributed by atoms with Crippen molar-refractivity contribution in [2.45, 2.75) is 19.4 Å². The number of rotatable bonds is 4. The van der Waals surface area contributed by atoms with E-state index < -0.39 is 0 Å². The average molecular weight is 296 g/mol. The first-order valence-electron chi connectivity index (χ1n) is 7.27. The van der Waals surface area contributed by atoms with Gasteiger partial charge in [-0.2, -0.15) is 0 Å². The van der Waals surface area contributed by atoms with E-state index in [0.29, 0.717) is 0 Å². The van der Waals surface area contributed by atoms with Gasteiger partial charge < -0.3 is 5.32 Å². The third-order valence-corrected chi connectivity index (χ3v) is 4.05. The molecule has 0 aliphatic heterocycles. The Kier molecular flexibility index (Phi) is 4.12. The first-order chi connectivity index (χ1) is 10.3. The largest absolute Gasteiger partial charge is 0.378 e. The van der Waals surface area contributed by atoms with Gasteiger partial charge in [0.05, 0.1) is 6.04 Å². The molecule has 3 aromatic carbocycles. The molecule has 0 radical (unpaired) electrons. The second-order valence-corrected chi connectivity index (χ2v) is 5.62. The van der Waals surface area contributed by atoms with E-state index in [2.05, 4.69) is 66.8 Å². The molecule has 0 saturated carbocycles. The Bertz CT molecular complexity index is 729. The normalized spacial score (nSPS) is 12.3. The molecule has 0 fully saturated rings. The fourth-order valence-corrected chi connectivity index (χ4v) is 2.78. The van der Waals surface area contributed by atoms with Crippen molar-refractivity contribution in [1.82, 2.24) is 0 Å². The van der Waals surface area contributed by atoms with Crippen LogP contribution in [0.1, 0.15) is 24.9 Å². The smallest absolute Gasteiger partial charge is 0.0511 e. The van der Waals surface area contributed by atoms with Crippen molar-refractivity contribution in [3.63, 3.8) is 0 Å². The first-order valence-corrected chi connectivity index (χ1v) is 7.65. The monoisotopic (exact) mass is 295 g/mol. The summed E-state index contributed by atoms with van der Waals surface area (Å²) in [4.78, 5) is 0. The van der Waals surface area contributed by atoms with Gasteiger partial charge in [-0.3, -0.25) is 0 Å². The molecule has 1 nitrogen and oxygen atoms in total. The minimum absolute atomic E-state index is 0.285. The summed E-state index contributed by atoms with van der Waals surface area (Å²) in [6, 6.07) is 23.2. The van der Waals surface area contributed by atoms with Gasteiger partial charge in [-0.25, -0.2) is 0 Å². The summed E-state index contributed by atoms with van der Waals surface area (Å²) >= 11 is 5.98. The Morgan fingerprint density at radius 1 is 0.905 bits per heavy atom. The van der Waals surface area contributed by atoms with Crippen molar-refractivity contribution in [3.8, 4) is 0 Å². The molecule has 1 atom stereocenters. The number of hydrogen-bond donors (Lipinski definition) is 1. The van der Waals surface area contributed by atoms with E-state index in [1.807, 2.05) is 12.1 Å². The molecule has 1 N–H and O–H groups in total. The first kappa shape index (κ1) is 14.0. The summed E-state index contributed by atoms with van der Waals surface area (Å²) in [5.41, 5.74) is 2.43. The number of hydrogen-bond acceptors (Lipinski definition) is 1. The molecule has 0 heterocycles. The van der Waals surface area contributed by atoms with Crippen LogP contribution in [0.15, 0.2) is 66.7 Å². The molecule has 1 unspecified atom stereocenters. The van der Waals surface area contributed by atoms with Crippen LogP contribution in [0, 0.1) is 0 Å². The molecule has 3 aromatic rings. The highest BCUT2D eigenvalue weighted by atomic mass is 35.5. The molecular weight excluding hydrogens is 278 g/mol. The van der Waals surface area contributed by atoms with E-state index in [-0.39, 0.29) is 6.04 Å². The van der Waals surface area contributed by atoms with Crippen LogP contribution in [0.3, 0.4) is 0 Å². The van der Waals surface area contributed by atoms with Crippen molar-refractivity contribution in [2.24, 2.45) is 0 Å². The quantitative estimate of drug-likeness (QED) is 0.617. The highest BCUT2D eigenvalue weighted by molar-refractivity contribution is 6.30. The van der Waals surface area contributed by atoms with Gasteiger partial charge in [-0.1, -0.05) is 67.1 Å². The third-order valence-electron chi connectivity index (χ3n) is 3.80. The van der Waals surface area contributed by atoms with Crippen LogP contribution in [0.25, 0.3) is 10.8 Å². The Labute approximate surface area is 130 Å². The second-order valence-electron chi connectivity index (χ2n) is 5.18. The topological polar surface area (TPSA) is 12.0 Å². The number of halogens is 1. The van der Waals surface area contributed by atoms with Crippen molar-refractivity contribution >= 4 is 28.1 Å². The van der Waals surface area contributed by atoms with Crippen molar-refractivity contribution in [3.05, 3.63) is 77.3 Å². The molecule has 0 aliphatic carbocycles. The summed E-state index contributed by atoms with van der Waals surface area (Å²) in [7, 11) is 0. The predicted molar refractivity (Wildman–Crippen MR) is 92.1 cm³/mol. The minimum Gasteiger partial charge on any atom is -0.378 e. The number of fused-ring (bicyclic) bond motifs is 1. The summed E-state index contributed by atoms with van der Waals surface area (Å²) in [6.45, 7) is 2.19. The van der Waals surface area contributed by atoms with Crippen molar-refractivity contribution in [2.75, 3.05) is 5.32 Å². The number of nitrogens with one attached hydrogen (secondary N) is 1. The van der Waals surface area contributed by atoms with Gasteiger partial charge in [0, 0.05) is 16.1 Å². The highest BCUT2D eigenvalue weighted by Crippen LogP contribution is 2.29. The standard InChI is InChI=1S/C19H18ClN/c1-2-18(15-10-12-16(20)13-11-15)21-19-9-5-7-14-6-3-4-8-17(14)19/h3-13,18,21H,2H2,1H3. The Morgan fingerprint density at radius 2 is 1.62 bits per heavy atom. The summed E-state index contributed by atoms with van der Waals surface area (Å²) < 4.78 is 0. The van der Waals surface area contributed by atoms with E-state index in [1.165, 1.54) is 22.0 Å². The van der Waals surface area contributed by atoms with Crippen LogP contribution in [-0.4, -0.2) is 0 Å². The maximum Gasteiger partial charge on any atom is 0.0511 e. The Balaban J connectivity index is 1.94. The maximum absolute atomic E-state index is 5.98. The van der Waals surface area contributed by atoms with Crippen LogP contribution in [0.4, 0.5) is 5.69 Å². The van der Waals surface area contributed by atoms with E-state index in [0.717, 1.165) is 11.4 Å². The summed E-state index contributed by atoms with van der Waals surface area (Å²) in [5.74, 6) is 0. The van der Waals surface area contributed by atoms with Crippen LogP contribution < -0.4 is 5.32 Å². The minimum atomic E-state index is 0.285. The fourth-order valence-electron chi connectivity index (χ4n) is 2.66. The molecule has 0 bridgehead atoms. The van der Waals surface area contributed by atoms with Gasteiger partial charge in [0.2, 0.25) is 0 Å². The molecular formula is C19H18ClN. The molecule has 0 amide bonds. The fraction of sp³-hybridized carbons (Fsp3) is 0.158.